The molecular weight excluding hydrogens is 398 g/mol. The Morgan fingerprint density at radius 2 is 1.53 bits per heavy atom. The maximum absolute atomic E-state index is 13.8. The molecule has 32 heavy (non-hydrogen) atoms. The summed E-state index contributed by atoms with van der Waals surface area (Å²) < 4.78 is 5.72. The maximum atomic E-state index is 13.8. The summed E-state index contributed by atoms with van der Waals surface area (Å²) in [6, 6.07) is 25.2. The number of unbranched alkanes of at least 4 members (excludes halogenated alkanes) is 1. The van der Waals surface area contributed by atoms with Crippen LogP contribution in [-0.4, -0.2) is 17.4 Å². The lowest BCUT2D eigenvalue weighted by molar-refractivity contribution is 0.0705. The molecular formula is C28H27NO3. The zero-order chi connectivity index (χ0) is 22.5. The largest absolute Gasteiger partial charge is 0.416 e. The third-order valence-electron chi connectivity index (χ3n) is 5.66. The number of aryl methyl sites for hydroxylation is 1. The van der Waals surface area contributed by atoms with Crippen molar-refractivity contribution >= 4 is 16.7 Å². The molecule has 3 aromatic carbocycles. The Morgan fingerprint density at radius 3 is 2.22 bits per heavy atom. The van der Waals surface area contributed by atoms with Crippen molar-refractivity contribution in [3.8, 4) is 11.1 Å². The molecule has 4 heteroatoms. The highest BCUT2D eigenvalue weighted by atomic mass is 16.4. The van der Waals surface area contributed by atoms with Gasteiger partial charge in [0, 0.05) is 24.0 Å². The van der Waals surface area contributed by atoms with Gasteiger partial charge in [-0.1, -0.05) is 91.7 Å². The van der Waals surface area contributed by atoms with E-state index in [-0.39, 0.29) is 11.7 Å². The molecule has 0 saturated heterocycles. The highest BCUT2D eigenvalue weighted by Crippen LogP contribution is 2.32. The fourth-order valence-electron chi connectivity index (χ4n) is 3.91. The van der Waals surface area contributed by atoms with Crippen LogP contribution in [-0.2, 0) is 6.54 Å². The Kier molecular flexibility index (Phi) is 6.50. The van der Waals surface area contributed by atoms with E-state index in [1.54, 1.807) is 11.0 Å². The first-order valence-electron chi connectivity index (χ1n) is 11.0. The average Bonchev–Trinajstić information content (AvgIpc) is 2.83. The van der Waals surface area contributed by atoms with E-state index < -0.39 is 5.63 Å². The standard InChI is InChI=1S/C28H27NO3/c1-3-4-18-29(19-21-10-6-5-7-11-21)27(30)26-25(22-16-14-20(2)15-17-22)23-12-8-9-13-24(23)28(31)32-26/h5-17H,3-4,18-19H2,1-2H3. The van der Waals surface area contributed by atoms with Crippen LogP contribution in [0.2, 0.25) is 0 Å². The summed E-state index contributed by atoms with van der Waals surface area (Å²) in [7, 11) is 0. The van der Waals surface area contributed by atoms with E-state index in [1.807, 2.05) is 79.7 Å². The number of hydrogen-bond donors (Lipinski definition) is 0. The van der Waals surface area contributed by atoms with E-state index >= 15 is 0 Å². The number of amides is 1. The van der Waals surface area contributed by atoms with Gasteiger partial charge >= 0.3 is 5.63 Å². The van der Waals surface area contributed by atoms with Crippen LogP contribution in [0.25, 0.3) is 21.9 Å². The van der Waals surface area contributed by atoms with Gasteiger partial charge in [0.25, 0.3) is 5.91 Å². The van der Waals surface area contributed by atoms with Crippen LogP contribution in [0.15, 0.2) is 88.1 Å². The molecule has 0 unspecified atom stereocenters. The summed E-state index contributed by atoms with van der Waals surface area (Å²) in [5, 5.41) is 1.20. The average molecular weight is 426 g/mol. The molecule has 1 heterocycles. The smallest absolute Gasteiger partial charge is 0.344 e. The molecule has 0 fully saturated rings. The van der Waals surface area contributed by atoms with E-state index in [1.165, 1.54) is 0 Å². The fourth-order valence-corrected chi connectivity index (χ4v) is 3.91. The highest BCUT2D eigenvalue weighted by Gasteiger charge is 2.25. The predicted octanol–water partition coefficient (Wildman–Crippen LogP) is 6.21. The number of fused-ring (bicyclic) bond motifs is 1. The quantitative estimate of drug-likeness (QED) is 0.354. The second-order valence-electron chi connectivity index (χ2n) is 8.07. The number of nitrogens with zero attached hydrogens (tertiary/aromatic N) is 1. The molecule has 4 aromatic rings. The van der Waals surface area contributed by atoms with Gasteiger partial charge in [0.05, 0.1) is 5.39 Å². The van der Waals surface area contributed by atoms with Crippen LogP contribution in [0.5, 0.6) is 0 Å². The number of carbonyl (C=O) groups is 1. The van der Waals surface area contributed by atoms with Gasteiger partial charge in [0.15, 0.2) is 0 Å². The summed E-state index contributed by atoms with van der Waals surface area (Å²) in [5.74, 6) is -0.162. The molecule has 0 aliphatic heterocycles. The molecule has 0 atom stereocenters. The second kappa shape index (κ2) is 9.65. The Labute approximate surface area is 188 Å². The molecule has 0 aliphatic carbocycles. The van der Waals surface area contributed by atoms with Gasteiger partial charge in [-0.2, -0.15) is 0 Å². The molecule has 1 aromatic heterocycles. The third kappa shape index (κ3) is 4.50. The first-order chi connectivity index (χ1) is 15.6. The molecule has 4 nitrogen and oxygen atoms in total. The van der Waals surface area contributed by atoms with Crippen molar-refractivity contribution in [3.63, 3.8) is 0 Å². The molecule has 4 rings (SSSR count). The van der Waals surface area contributed by atoms with Gasteiger partial charge in [-0.3, -0.25) is 4.79 Å². The van der Waals surface area contributed by atoms with Crippen LogP contribution < -0.4 is 5.63 Å². The second-order valence-corrected chi connectivity index (χ2v) is 8.07. The van der Waals surface area contributed by atoms with Gasteiger partial charge in [-0.05, 0) is 30.5 Å². The Morgan fingerprint density at radius 1 is 0.875 bits per heavy atom. The van der Waals surface area contributed by atoms with Crippen LogP contribution in [0, 0.1) is 6.92 Å². The number of hydrogen-bond acceptors (Lipinski definition) is 3. The van der Waals surface area contributed by atoms with Crippen molar-refractivity contribution in [1.82, 2.24) is 4.90 Å². The minimum Gasteiger partial charge on any atom is -0.416 e. The number of rotatable bonds is 7. The van der Waals surface area contributed by atoms with Crippen LogP contribution in [0.3, 0.4) is 0 Å². The van der Waals surface area contributed by atoms with E-state index in [9.17, 15) is 9.59 Å². The van der Waals surface area contributed by atoms with Crippen molar-refractivity contribution in [2.45, 2.75) is 33.2 Å². The van der Waals surface area contributed by atoms with Crippen molar-refractivity contribution < 1.29 is 9.21 Å². The molecule has 0 aliphatic rings. The SMILES string of the molecule is CCCCN(Cc1ccccc1)C(=O)c1oc(=O)c2ccccc2c1-c1ccc(C)cc1. The van der Waals surface area contributed by atoms with E-state index in [4.69, 9.17) is 4.42 Å². The lowest BCUT2D eigenvalue weighted by atomic mass is 9.97. The predicted molar refractivity (Wildman–Crippen MR) is 129 cm³/mol. The van der Waals surface area contributed by atoms with Crippen LogP contribution in [0.1, 0.15) is 41.4 Å². The van der Waals surface area contributed by atoms with E-state index in [0.29, 0.717) is 24.0 Å². The molecule has 0 spiro atoms. The fraction of sp³-hybridized carbons (Fsp3) is 0.214. The zero-order valence-corrected chi connectivity index (χ0v) is 18.5. The molecule has 162 valence electrons. The summed E-state index contributed by atoms with van der Waals surface area (Å²) in [6.07, 6.45) is 1.83. The van der Waals surface area contributed by atoms with Crippen molar-refractivity contribution in [1.29, 1.82) is 0 Å². The molecule has 0 saturated carbocycles. The molecule has 0 N–H and O–H groups in total. The van der Waals surface area contributed by atoms with E-state index in [2.05, 4.69) is 6.92 Å². The summed E-state index contributed by atoms with van der Waals surface area (Å²) >= 11 is 0. The monoisotopic (exact) mass is 425 g/mol. The minimum absolute atomic E-state index is 0.101. The Hall–Kier alpha value is -3.66. The first-order valence-corrected chi connectivity index (χ1v) is 11.0. The van der Waals surface area contributed by atoms with E-state index in [0.717, 1.165) is 34.9 Å². The van der Waals surface area contributed by atoms with Crippen molar-refractivity contribution in [2.75, 3.05) is 6.54 Å². The molecule has 0 bridgehead atoms. The Balaban J connectivity index is 1.87. The van der Waals surface area contributed by atoms with Crippen LogP contribution >= 0.6 is 0 Å². The molecule has 0 radical (unpaired) electrons. The lowest BCUT2D eigenvalue weighted by Gasteiger charge is -2.23. The molecule has 1 amide bonds. The van der Waals surface area contributed by atoms with Gasteiger partial charge in [-0.25, -0.2) is 4.79 Å². The normalized spacial score (nSPS) is 10.9. The topological polar surface area (TPSA) is 50.5 Å². The van der Waals surface area contributed by atoms with Gasteiger partial charge in [0.2, 0.25) is 5.76 Å². The summed E-state index contributed by atoms with van der Waals surface area (Å²) in [5.41, 5.74) is 3.19. The maximum Gasteiger partial charge on any atom is 0.344 e. The van der Waals surface area contributed by atoms with Crippen LogP contribution in [0.4, 0.5) is 0 Å². The van der Waals surface area contributed by atoms with Gasteiger partial charge in [0.1, 0.15) is 0 Å². The first kappa shape index (κ1) is 21.6. The van der Waals surface area contributed by atoms with Gasteiger partial charge < -0.3 is 9.32 Å². The zero-order valence-electron chi connectivity index (χ0n) is 18.5. The summed E-state index contributed by atoms with van der Waals surface area (Å²) in [4.78, 5) is 28.4. The van der Waals surface area contributed by atoms with Crippen molar-refractivity contribution in [2.24, 2.45) is 0 Å². The van der Waals surface area contributed by atoms with Gasteiger partial charge in [-0.15, -0.1) is 0 Å². The lowest BCUT2D eigenvalue weighted by Crippen LogP contribution is -2.32. The number of carbonyl (C=O) groups excluding carboxylic acids is 1. The number of benzene rings is 3. The highest BCUT2D eigenvalue weighted by molar-refractivity contribution is 6.07. The Bertz CT molecular complexity index is 1270. The van der Waals surface area contributed by atoms with Crippen molar-refractivity contribution in [3.05, 3.63) is 106 Å². The third-order valence-corrected chi connectivity index (χ3v) is 5.66. The minimum atomic E-state index is -0.491. The summed E-state index contributed by atoms with van der Waals surface area (Å²) in [6.45, 7) is 5.17.